The van der Waals surface area contributed by atoms with E-state index in [1.54, 1.807) is 6.92 Å². The fourth-order valence-corrected chi connectivity index (χ4v) is 3.00. The summed E-state index contributed by atoms with van der Waals surface area (Å²) in [6.45, 7) is 4.00. The Kier molecular flexibility index (Phi) is 4.53. The van der Waals surface area contributed by atoms with Crippen LogP contribution in [0.4, 0.5) is 0 Å². The monoisotopic (exact) mass is 296 g/mol. The van der Waals surface area contributed by atoms with E-state index in [4.69, 9.17) is 11.6 Å². The Bertz CT molecular complexity index is 545. The van der Waals surface area contributed by atoms with Gasteiger partial charge in [0.25, 0.3) is 5.91 Å². The summed E-state index contributed by atoms with van der Waals surface area (Å²) in [4.78, 5) is 27.1. The first-order valence-corrected chi connectivity index (χ1v) is 7.57. The second-order valence-electron chi connectivity index (χ2n) is 5.94. The second kappa shape index (κ2) is 6.00. The van der Waals surface area contributed by atoms with Crippen LogP contribution >= 0.6 is 11.6 Å². The van der Waals surface area contributed by atoms with Gasteiger partial charge < -0.3 is 10.3 Å². The smallest absolute Gasteiger partial charge is 0.257 e. The average molecular weight is 297 g/mol. The number of aromatic amines is 1. The minimum Gasteiger partial charge on any atom is -0.364 e. The Morgan fingerprint density at radius 3 is 2.70 bits per heavy atom. The van der Waals surface area contributed by atoms with Crippen molar-refractivity contribution in [2.75, 3.05) is 5.88 Å². The van der Waals surface area contributed by atoms with E-state index in [0.29, 0.717) is 11.8 Å². The summed E-state index contributed by atoms with van der Waals surface area (Å²) < 4.78 is 0. The van der Waals surface area contributed by atoms with Crippen molar-refractivity contribution in [1.29, 1.82) is 0 Å². The molecule has 1 heterocycles. The standard InChI is InChI=1S/C15H21ClN2O2/c1-10-3-5-15(9-16,6-4-10)18-14(20)12-8-17-11(2)7-13(12)19/h7-8,10H,3-6,9H2,1-2H3,(H,17,19)(H,18,20). The maximum atomic E-state index is 12.3. The van der Waals surface area contributed by atoms with Gasteiger partial charge in [0.1, 0.15) is 5.56 Å². The van der Waals surface area contributed by atoms with Gasteiger partial charge >= 0.3 is 0 Å². The molecule has 20 heavy (non-hydrogen) atoms. The Morgan fingerprint density at radius 2 is 2.15 bits per heavy atom. The maximum absolute atomic E-state index is 12.3. The molecule has 0 saturated heterocycles. The van der Waals surface area contributed by atoms with Gasteiger partial charge in [0, 0.05) is 23.8 Å². The Hall–Kier alpha value is -1.29. The van der Waals surface area contributed by atoms with Crippen molar-refractivity contribution in [3.8, 4) is 0 Å². The molecule has 1 saturated carbocycles. The number of alkyl halides is 1. The quantitative estimate of drug-likeness (QED) is 0.842. The number of carbonyl (C=O) groups excluding carboxylic acids is 1. The third kappa shape index (κ3) is 3.23. The van der Waals surface area contributed by atoms with Gasteiger partial charge in [-0.3, -0.25) is 9.59 Å². The number of H-pyrrole nitrogens is 1. The lowest BCUT2D eigenvalue weighted by atomic mass is 9.78. The molecule has 1 aromatic rings. The molecule has 1 aromatic heterocycles. The molecular weight excluding hydrogens is 276 g/mol. The SMILES string of the molecule is Cc1cc(=O)c(C(=O)NC2(CCl)CCC(C)CC2)c[nH]1. The zero-order valence-corrected chi connectivity index (χ0v) is 12.7. The van der Waals surface area contributed by atoms with Crippen molar-refractivity contribution in [3.05, 3.63) is 33.7 Å². The molecule has 110 valence electrons. The van der Waals surface area contributed by atoms with Crippen molar-refractivity contribution >= 4 is 17.5 Å². The van der Waals surface area contributed by atoms with Gasteiger partial charge in [-0.05, 0) is 38.5 Å². The van der Waals surface area contributed by atoms with Crippen molar-refractivity contribution in [1.82, 2.24) is 10.3 Å². The zero-order chi connectivity index (χ0) is 14.8. The third-order valence-corrected chi connectivity index (χ3v) is 4.68. The molecule has 0 bridgehead atoms. The minimum atomic E-state index is -0.373. The zero-order valence-electron chi connectivity index (χ0n) is 12.0. The van der Waals surface area contributed by atoms with Crippen LogP contribution in [0.2, 0.25) is 0 Å². The highest BCUT2D eigenvalue weighted by molar-refractivity contribution is 6.19. The molecule has 5 heteroatoms. The van der Waals surface area contributed by atoms with E-state index in [2.05, 4.69) is 17.2 Å². The predicted molar refractivity (Wildman–Crippen MR) is 80.3 cm³/mol. The molecule has 1 amide bonds. The summed E-state index contributed by atoms with van der Waals surface area (Å²) in [6.07, 6.45) is 5.31. The van der Waals surface area contributed by atoms with Crippen LogP contribution in [-0.4, -0.2) is 22.3 Å². The average Bonchev–Trinajstić information content (AvgIpc) is 2.41. The highest BCUT2D eigenvalue weighted by Gasteiger charge is 2.35. The third-order valence-electron chi connectivity index (χ3n) is 4.17. The second-order valence-corrected chi connectivity index (χ2v) is 6.21. The highest BCUT2D eigenvalue weighted by Crippen LogP contribution is 2.32. The normalized spacial score (nSPS) is 26.2. The molecule has 0 atom stereocenters. The Labute approximate surface area is 123 Å². The Balaban J connectivity index is 2.15. The molecule has 0 aromatic carbocycles. The minimum absolute atomic E-state index is 0.152. The molecule has 4 nitrogen and oxygen atoms in total. The lowest BCUT2D eigenvalue weighted by molar-refractivity contribution is 0.0871. The fourth-order valence-electron chi connectivity index (χ4n) is 2.67. The van der Waals surface area contributed by atoms with E-state index in [0.717, 1.165) is 31.4 Å². The fraction of sp³-hybridized carbons (Fsp3) is 0.600. The van der Waals surface area contributed by atoms with Crippen molar-refractivity contribution < 1.29 is 4.79 Å². The number of hydrogen-bond donors (Lipinski definition) is 2. The lowest BCUT2D eigenvalue weighted by Crippen LogP contribution is -2.52. The number of hydrogen-bond acceptors (Lipinski definition) is 2. The molecule has 1 fully saturated rings. The molecule has 0 radical (unpaired) electrons. The molecule has 2 N–H and O–H groups in total. The molecule has 1 aliphatic rings. The van der Waals surface area contributed by atoms with Crippen LogP contribution in [0.3, 0.4) is 0 Å². The molecule has 2 rings (SSSR count). The van der Waals surface area contributed by atoms with Gasteiger partial charge in [-0.1, -0.05) is 6.92 Å². The Morgan fingerprint density at radius 1 is 1.50 bits per heavy atom. The number of pyridine rings is 1. The summed E-state index contributed by atoms with van der Waals surface area (Å²) in [5, 5.41) is 2.99. The summed E-state index contributed by atoms with van der Waals surface area (Å²) in [5.74, 6) is 0.724. The largest absolute Gasteiger partial charge is 0.364 e. The van der Waals surface area contributed by atoms with Crippen LogP contribution in [0.1, 0.15) is 48.7 Å². The number of aryl methyl sites for hydroxylation is 1. The summed E-state index contributed by atoms with van der Waals surface area (Å²) in [6, 6.07) is 1.44. The number of rotatable bonds is 3. The van der Waals surface area contributed by atoms with Gasteiger partial charge in [-0.25, -0.2) is 0 Å². The summed E-state index contributed by atoms with van der Waals surface area (Å²) >= 11 is 6.08. The maximum Gasteiger partial charge on any atom is 0.257 e. The van der Waals surface area contributed by atoms with Crippen molar-refractivity contribution in [2.45, 2.75) is 45.1 Å². The number of halogens is 1. The summed E-state index contributed by atoms with van der Waals surface area (Å²) in [5.41, 5.74) is 0.263. The van der Waals surface area contributed by atoms with Crippen LogP contribution < -0.4 is 10.7 Å². The van der Waals surface area contributed by atoms with E-state index in [1.807, 2.05) is 0 Å². The number of carbonyl (C=O) groups is 1. The lowest BCUT2D eigenvalue weighted by Gasteiger charge is -2.38. The topological polar surface area (TPSA) is 62.0 Å². The van der Waals surface area contributed by atoms with E-state index >= 15 is 0 Å². The van der Waals surface area contributed by atoms with Gasteiger partial charge in [-0.2, -0.15) is 0 Å². The number of amides is 1. The van der Waals surface area contributed by atoms with Gasteiger partial charge in [0.05, 0.1) is 5.54 Å². The van der Waals surface area contributed by atoms with Crippen molar-refractivity contribution in [2.24, 2.45) is 5.92 Å². The van der Waals surface area contributed by atoms with E-state index in [1.165, 1.54) is 12.3 Å². The van der Waals surface area contributed by atoms with Crippen LogP contribution in [0.5, 0.6) is 0 Å². The van der Waals surface area contributed by atoms with Crippen LogP contribution in [0.15, 0.2) is 17.1 Å². The first kappa shape index (κ1) is 15.1. The summed E-state index contributed by atoms with van der Waals surface area (Å²) in [7, 11) is 0. The van der Waals surface area contributed by atoms with Gasteiger partial charge in [0.15, 0.2) is 5.43 Å². The van der Waals surface area contributed by atoms with Crippen LogP contribution in [-0.2, 0) is 0 Å². The number of aromatic nitrogens is 1. The van der Waals surface area contributed by atoms with E-state index in [-0.39, 0.29) is 22.4 Å². The van der Waals surface area contributed by atoms with Crippen LogP contribution in [0.25, 0.3) is 0 Å². The molecule has 0 aliphatic heterocycles. The number of nitrogens with one attached hydrogen (secondary N) is 2. The van der Waals surface area contributed by atoms with E-state index in [9.17, 15) is 9.59 Å². The highest BCUT2D eigenvalue weighted by atomic mass is 35.5. The van der Waals surface area contributed by atoms with Crippen LogP contribution in [0, 0.1) is 12.8 Å². The molecule has 0 spiro atoms. The van der Waals surface area contributed by atoms with E-state index < -0.39 is 0 Å². The molecule has 1 aliphatic carbocycles. The van der Waals surface area contributed by atoms with Crippen molar-refractivity contribution in [3.63, 3.8) is 0 Å². The van der Waals surface area contributed by atoms with Gasteiger partial charge in [-0.15, -0.1) is 11.6 Å². The molecular formula is C15H21ClN2O2. The predicted octanol–water partition coefficient (Wildman–Crippen LogP) is 2.60. The van der Waals surface area contributed by atoms with Gasteiger partial charge in [0.2, 0.25) is 0 Å². The molecule has 0 unspecified atom stereocenters. The first-order chi connectivity index (χ1) is 9.46. The first-order valence-electron chi connectivity index (χ1n) is 7.03.